The van der Waals surface area contributed by atoms with E-state index >= 15 is 0 Å². The van der Waals surface area contributed by atoms with Crippen LogP contribution in [0.1, 0.15) is 23.2 Å². The van der Waals surface area contributed by atoms with Gasteiger partial charge in [0.25, 0.3) is 5.91 Å². The van der Waals surface area contributed by atoms with Crippen LogP contribution in [0, 0.1) is 5.82 Å². The van der Waals surface area contributed by atoms with Crippen LogP contribution in [-0.4, -0.2) is 38.9 Å². The molecule has 0 aliphatic heterocycles. The van der Waals surface area contributed by atoms with Crippen LogP contribution in [0.3, 0.4) is 0 Å². The van der Waals surface area contributed by atoms with Crippen molar-refractivity contribution in [3.63, 3.8) is 0 Å². The number of benzene rings is 3. The van der Waals surface area contributed by atoms with Crippen molar-refractivity contribution in [3.05, 3.63) is 101 Å². The first kappa shape index (κ1) is 22.8. The summed E-state index contributed by atoms with van der Waals surface area (Å²) in [6.07, 6.45) is 3.46. The Morgan fingerprint density at radius 2 is 1.69 bits per heavy atom. The highest BCUT2D eigenvalue weighted by atomic mass is 35.5. The number of hydrogen-bond acceptors (Lipinski definition) is 3. The fourth-order valence-corrected chi connectivity index (χ4v) is 4.09. The fraction of sp³-hybridized carbons (Fsp3) is 0.148. The number of amides is 2. The summed E-state index contributed by atoms with van der Waals surface area (Å²) in [7, 11) is 0. The maximum atomic E-state index is 13.5. The molecule has 2 amide bonds. The number of carbonyl (C=O) groups is 2. The van der Waals surface area contributed by atoms with Crippen molar-refractivity contribution in [2.24, 2.45) is 0 Å². The summed E-state index contributed by atoms with van der Waals surface area (Å²) in [5, 5.41) is 3.19. The molecule has 1 heterocycles. The average molecular weight is 489 g/mol. The number of nitrogens with zero attached hydrogens (tertiary/aromatic N) is 3. The minimum absolute atomic E-state index is 0.00115. The van der Waals surface area contributed by atoms with E-state index in [0.717, 1.165) is 18.4 Å². The van der Waals surface area contributed by atoms with Crippen molar-refractivity contribution in [1.82, 2.24) is 14.5 Å². The molecule has 0 bridgehead atoms. The van der Waals surface area contributed by atoms with E-state index in [1.54, 1.807) is 52.1 Å². The SMILES string of the molecule is O=C(CN(C(=O)c1ccccc1Cl)C1CC1)Nc1nc(-c2ccccc2)cn1-c1ccc(F)cc1. The molecule has 0 spiro atoms. The van der Waals surface area contributed by atoms with E-state index in [0.29, 0.717) is 22.0 Å². The standard InChI is InChI=1S/C27H22ClFN4O2/c28-23-9-5-4-8-22(23)26(35)32(20-14-15-20)17-25(34)31-27-30-24(18-6-2-1-3-7-18)16-33(27)21-12-10-19(29)11-13-21/h1-13,16,20H,14-15,17H2,(H,30,31,34). The van der Waals surface area contributed by atoms with Crippen LogP contribution in [0.5, 0.6) is 0 Å². The van der Waals surface area contributed by atoms with Gasteiger partial charge in [-0.05, 0) is 49.2 Å². The third kappa shape index (κ3) is 5.10. The zero-order valence-electron chi connectivity index (χ0n) is 18.7. The van der Waals surface area contributed by atoms with Crippen LogP contribution in [0.25, 0.3) is 16.9 Å². The third-order valence-electron chi connectivity index (χ3n) is 5.80. The predicted octanol–water partition coefficient (Wildman–Crippen LogP) is 5.58. The number of carbonyl (C=O) groups excluding carboxylic acids is 2. The molecule has 0 atom stereocenters. The Morgan fingerprint density at radius 1 is 1.00 bits per heavy atom. The second-order valence-corrected chi connectivity index (χ2v) is 8.76. The van der Waals surface area contributed by atoms with Crippen LogP contribution in [-0.2, 0) is 4.79 Å². The summed E-state index contributed by atoms with van der Waals surface area (Å²) in [5.74, 6) is -0.742. The first-order valence-electron chi connectivity index (χ1n) is 11.3. The Labute approximate surface area is 207 Å². The Balaban J connectivity index is 1.42. The topological polar surface area (TPSA) is 67.2 Å². The Morgan fingerprint density at radius 3 is 2.37 bits per heavy atom. The quantitative estimate of drug-likeness (QED) is 0.369. The second-order valence-electron chi connectivity index (χ2n) is 8.35. The highest BCUT2D eigenvalue weighted by Gasteiger charge is 2.35. The molecule has 176 valence electrons. The molecule has 0 saturated heterocycles. The maximum Gasteiger partial charge on any atom is 0.256 e. The van der Waals surface area contributed by atoms with Crippen molar-refractivity contribution in [3.8, 4) is 16.9 Å². The van der Waals surface area contributed by atoms with E-state index in [4.69, 9.17) is 11.6 Å². The monoisotopic (exact) mass is 488 g/mol. The Hall–Kier alpha value is -3.97. The van der Waals surface area contributed by atoms with Gasteiger partial charge in [-0.1, -0.05) is 54.1 Å². The molecule has 1 aliphatic carbocycles. The van der Waals surface area contributed by atoms with E-state index < -0.39 is 0 Å². The zero-order valence-corrected chi connectivity index (χ0v) is 19.5. The van der Waals surface area contributed by atoms with Crippen LogP contribution in [0.2, 0.25) is 5.02 Å². The molecule has 1 aliphatic rings. The first-order valence-corrected chi connectivity index (χ1v) is 11.6. The molecule has 4 aromatic rings. The van der Waals surface area contributed by atoms with Crippen LogP contribution in [0.4, 0.5) is 10.3 Å². The van der Waals surface area contributed by atoms with Gasteiger partial charge in [-0.25, -0.2) is 9.37 Å². The molecule has 1 N–H and O–H groups in total. The number of rotatable bonds is 7. The van der Waals surface area contributed by atoms with Crippen LogP contribution in [0.15, 0.2) is 85.1 Å². The average Bonchev–Trinajstić information content (AvgIpc) is 3.63. The Kier molecular flexibility index (Phi) is 6.33. The molecule has 3 aromatic carbocycles. The van der Waals surface area contributed by atoms with E-state index in [9.17, 15) is 14.0 Å². The number of nitrogens with one attached hydrogen (secondary N) is 1. The number of imidazole rings is 1. The molecule has 0 radical (unpaired) electrons. The maximum absolute atomic E-state index is 13.5. The summed E-state index contributed by atoms with van der Waals surface area (Å²) >= 11 is 6.23. The third-order valence-corrected chi connectivity index (χ3v) is 6.13. The summed E-state index contributed by atoms with van der Waals surface area (Å²) in [6.45, 7) is -0.133. The van der Waals surface area contributed by atoms with Gasteiger partial charge in [-0.15, -0.1) is 0 Å². The van der Waals surface area contributed by atoms with Gasteiger partial charge in [-0.3, -0.25) is 19.5 Å². The summed E-state index contributed by atoms with van der Waals surface area (Å²) in [6, 6.07) is 22.3. The predicted molar refractivity (Wildman–Crippen MR) is 133 cm³/mol. The lowest BCUT2D eigenvalue weighted by Crippen LogP contribution is -2.40. The van der Waals surface area contributed by atoms with Gasteiger partial charge in [0.1, 0.15) is 12.4 Å². The number of anilines is 1. The van der Waals surface area contributed by atoms with Gasteiger partial charge in [0, 0.05) is 23.5 Å². The minimum Gasteiger partial charge on any atom is -0.326 e. The fourth-order valence-electron chi connectivity index (χ4n) is 3.88. The second kappa shape index (κ2) is 9.72. The number of aromatic nitrogens is 2. The van der Waals surface area contributed by atoms with E-state index in [1.165, 1.54) is 12.1 Å². The number of halogens is 2. The molecule has 1 fully saturated rings. The van der Waals surface area contributed by atoms with Gasteiger partial charge in [0.05, 0.1) is 16.3 Å². The Bertz CT molecular complexity index is 1370. The van der Waals surface area contributed by atoms with Crippen molar-refractivity contribution >= 4 is 29.4 Å². The molecule has 5 rings (SSSR count). The summed E-state index contributed by atoms with van der Waals surface area (Å²) in [4.78, 5) is 32.4. The van der Waals surface area contributed by atoms with Gasteiger partial charge in [0.15, 0.2) is 0 Å². The highest BCUT2D eigenvalue weighted by Crippen LogP contribution is 2.30. The lowest BCUT2D eigenvalue weighted by molar-refractivity contribution is -0.117. The largest absolute Gasteiger partial charge is 0.326 e. The minimum atomic E-state index is -0.383. The van der Waals surface area contributed by atoms with Gasteiger partial charge in [-0.2, -0.15) is 0 Å². The summed E-state index contributed by atoms with van der Waals surface area (Å²) in [5.41, 5.74) is 2.53. The van der Waals surface area contributed by atoms with E-state index in [-0.39, 0.29) is 36.2 Å². The van der Waals surface area contributed by atoms with Crippen LogP contribution >= 0.6 is 11.6 Å². The highest BCUT2D eigenvalue weighted by molar-refractivity contribution is 6.33. The van der Waals surface area contributed by atoms with Crippen molar-refractivity contribution in [2.45, 2.75) is 18.9 Å². The summed E-state index contributed by atoms with van der Waals surface area (Å²) < 4.78 is 15.2. The van der Waals surface area contributed by atoms with Crippen molar-refractivity contribution in [1.29, 1.82) is 0 Å². The normalized spacial score (nSPS) is 12.9. The molecule has 0 unspecified atom stereocenters. The lowest BCUT2D eigenvalue weighted by atomic mass is 10.2. The molecule has 8 heteroatoms. The molecule has 1 saturated carbocycles. The molecule has 1 aromatic heterocycles. The number of hydrogen-bond donors (Lipinski definition) is 1. The van der Waals surface area contributed by atoms with Gasteiger partial charge >= 0.3 is 0 Å². The molecular formula is C27H22ClFN4O2. The van der Waals surface area contributed by atoms with Crippen LogP contribution < -0.4 is 5.32 Å². The van der Waals surface area contributed by atoms with E-state index in [2.05, 4.69) is 10.3 Å². The molecule has 6 nitrogen and oxygen atoms in total. The molecule has 35 heavy (non-hydrogen) atoms. The van der Waals surface area contributed by atoms with Gasteiger partial charge in [0.2, 0.25) is 11.9 Å². The molecular weight excluding hydrogens is 467 g/mol. The van der Waals surface area contributed by atoms with Crippen molar-refractivity contribution < 1.29 is 14.0 Å². The lowest BCUT2D eigenvalue weighted by Gasteiger charge is -2.22. The van der Waals surface area contributed by atoms with Crippen molar-refractivity contribution in [2.75, 3.05) is 11.9 Å². The first-order chi connectivity index (χ1) is 17.0. The zero-order chi connectivity index (χ0) is 24.4. The van der Waals surface area contributed by atoms with Gasteiger partial charge < -0.3 is 4.90 Å². The smallest absolute Gasteiger partial charge is 0.256 e. The van der Waals surface area contributed by atoms with E-state index in [1.807, 2.05) is 30.3 Å².